The van der Waals surface area contributed by atoms with Crippen LogP contribution in [0.15, 0.2) is 48.2 Å². The summed E-state index contributed by atoms with van der Waals surface area (Å²) in [6.07, 6.45) is 7.36. The van der Waals surface area contributed by atoms with Crippen LogP contribution in [-0.2, 0) is 0 Å². The van der Waals surface area contributed by atoms with Crippen LogP contribution in [0.5, 0.6) is 0 Å². The largest absolute Gasteiger partial charge is 0.399 e. The van der Waals surface area contributed by atoms with Crippen molar-refractivity contribution in [1.29, 1.82) is 0 Å². The third-order valence-corrected chi connectivity index (χ3v) is 2.52. The summed E-state index contributed by atoms with van der Waals surface area (Å²) in [6, 6.07) is 0. The van der Waals surface area contributed by atoms with Crippen molar-refractivity contribution in [1.82, 2.24) is 0 Å². The predicted octanol–water partition coefficient (Wildman–Crippen LogP) is 3.04. The van der Waals surface area contributed by atoms with Crippen molar-refractivity contribution in [3.8, 4) is 0 Å². The van der Waals surface area contributed by atoms with Crippen molar-refractivity contribution >= 4 is 0 Å². The lowest BCUT2D eigenvalue weighted by molar-refractivity contribution is 0.551. The summed E-state index contributed by atoms with van der Waals surface area (Å²) in [7, 11) is 0. The van der Waals surface area contributed by atoms with E-state index in [2.05, 4.69) is 13.2 Å². The molecule has 0 saturated carbocycles. The highest BCUT2D eigenvalue weighted by molar-refractivity contribution is 5.28. The SMILES string of the molecule is C=C(/C=C\C(N)=C/CC)CC(C)(N)C(=C)C. The Balaban J connectivity index is 4.40. The van der Waals surface area contributed by atoms with Crippen LogP contribution in [0.25, 0.3) is 0 Å². The van der Waals surface area contributed by atoms with Crippen molar-refractivity contribution in [3.05, 3.63) is 48.2 Å². The normalized spacial score (nSPS) is 16.1. The molecule has 1 unspecified atom stereocenters. The van der Waals surface area contributed by atoms with E-state index < -0.39 is 5.54 Å². The Hall–Kier alpha value is -1.28. The third kappa shape index (κ3) is 5.56. The van der Waals surface area contributed by atoms with Crippen LogP contribution in [0.1, 0.15) is 33.6 Å². The molecule has 0 spiro atoms. The van der Waals surface area contributed by atoms with Gasteiger partial charge in [0.1, 0.15) is 0 Å². The van der Waals surface area contributed by atoms with Crippen LogP contribution >= 0.6 is 0 Å². The van der Waals surface area contributed by atoms with Crippen molar-refractivity contribution in [2.24, 2.45) is 11.5 Å². The summed E-state index contributed by atoms with van der Waals surface area (Å²) < 4.78 is 0. The summed E-state index contributed by atoms with van der Waals surface area (Å²) in [6.45, 7) is 13.8. The Morgan fingerprint density at radius 1 is 1.31 bits per heavy atom. The Kier molecular flexibility index (Phi) is 5.83. The van der Waals surface area contributed by atoms with E-state index in [-0.39, 0.29) is 0 Å². The van der Waals surface area contributed by atoms with Crippen molar-refractivity contribution < 1.29 is 0 Å². The first kappa shape index (κ1) is 14.7. The highest BCUT2D eigenvalue weighted by Crippen LogP contribution is 2.20. The molecule has 0 aliphatic carbocycles. The minimum atomic E-state index is -0.398. The molecule has 0 aromatic rings. The molecule has 16 heavy (non-hydrogen) atoms. The molecule has 1 atom stereocenters. The zero-order chi connectivity index (χ0) is 12.8. The van der Waals surface area contributed by atoms with Gasteiger partial charge in [0.15, 0.2) is 0 Å². The first-order valence-electron chi connectivity index (χ1n) is 5.56. The van der Waals surface area contributed by atoms with Crippen molar-refractivity contribution in [2.45, 2.75) is 39.2 Å². The molecule has 2 heteroatoms. The maximum atomic E-state index is 6.09. The van der Waals surface area contributed by atoms with Crippen LogP contribution in [0.2, 0.25) is 0 Å². The Labute approximate surface area is 99.4 Å². The maximum Gasteiger partial charge on any atom is 0.0375 e. The zero-order valence-corrected chi connectivity index (χ0v) is 10.7. The van der Waals surface area contributed by atoms with Gasteiger partial charge in [0, 0.05) is 11.2 Å². The molecule has 0 radical (unpaired) electrons. The molecule has 2 nitrogen and oxygen atoms in total. The second kappa shape index (κ2) is 6.33. The summed E-state index contributed by atoms with van der Waals surface area (Å²) in [5.41, 5.74) is 14.1. The lowest BCUT2D eigenvalue weighted by Gasteiger charge is -2.25. The van der Waals surface area contributed by atoms with Gasteiger partial charge in [0.05, 0.1) is 0 Å². The highest BCUT2D eigenvalue weighted by atomic mass is 14.7. The summed E-state index contributed by atoms with van der Waals surface area (Å²) in [4.78, 5) is 0. The second-order valence-electron chi connectivity index (χ2n) is 4.48. The van der Waals surface area contributed by atoms with Gasteiger partial charge in [0.2, 0.25) is 0 Å². The first-order valence-corrected chi connectivity index (χ1v) is 5.56. The predicted molar refractivity (Wildman–Crippen MR) is 72.9 cm³/mol. The van der Waals surface area contributed by atoms with Crippen molar-refractivity contribution in [3.63, 3.8) is 0 Å². The van der Waals surface area contributed by atoms with E-state index in [9.17, 15) is 0 Å². The topological polar surface area (TPSA) is 52.0 Å². The van der Waals surface area contributed by atoms with Gasteiger partial charge < -0.3 is 11.5 Å². The van der Waals surface area contributed by atoms with Crippen molar-refractivity contribution in [2.75, 3.05) is 0 Å². The molecule has 0 aliphatic rings. The minimum absolute atomic E-state index is 0.398. The average Bonchev–Trinajstić information content (AvgIpc) is 2.14. The van der Waals surface area contributed by atoms with E-state index in [1.54, 1.807) is 0 Å². The second-order valence-corrected chi connectivity index (χ2v) is 4.48. The van der Waals surface area contributed by atoms with Crippen LogP contribution < -0.4 is 11.5 Å². The Bertz CT molecular complexity index is 320. The van der Waals surface area contributed by atoms with Gasteiger partial charge in [-0.2, -0.15) is 0 Å². The standard InChI is InChI=1S/C14H24N2/c1-6-7-13(15)9-8-12(4)10-14(5,16)11(2)3/h7-9H,2,4,6,10,15-16H2,1,3,5H3/b9-8-,13-7+. The number of hydrogen-bond acceptors (Lipinski definition) is 2. The van der Waals surface area contributed by atoms with Gasteiger partial charge in [-0.05, 0) is 32.8 Å². The van der Waals surface area contributed by atoms with E-state index in [0.29, 0.717) is 6.42 Å². The summed E-state index contributed by atoms with van der Waals surface area (Å²) in [5, 5.41) is 0. The lowest BCUT2D eigenvalue weighted by Crippen LogP contribution is -2.37. The Morgan fingerprint density at radius 2 is 1.88 bits per heavy atom. The molecule has 0 bridgehead atoms. The summed E-state index contributed by atoms with van der Waals surface area (Å²) >= 11 is 0. The zero-order valence-electron chi connectivity index (χ0n) is 10.7. The maximum absolute atomic E-state index is 6.09. The third-order valence-electron chi connectivity index (χ3n) is 2.52. The number of nitrogens with two attached hydrogens (primary N) is 2. The number of allylic oxidation sites excluding steroid dienone is 3. The van der Waals surface area contributed by atoms with Crippen LogP contribution in [0.4, 0.5) is 0 Å². The van der Waals surface area contributed by atoms with Gasteiger partial charge >= 0.3 is 0 Å². The number of hydrogen-bond donors (Lipinski definition) is 2. The van der Waals surface area contributed by atoms with Crippen LogP contribution in [-0.4, -0.2) is 5.54 Å². The van der Waals surface area contributed by atoms with Gasteiger partial charge in [0.25, 0.3) is 0 Å². The molecule has 4 N–H and O–H groups in total. The fourth-order valence-electron chi connectivity index (χ4n) is 1.20. The fraction of sp³-hybridized carbons (Fsp3) is 0.429. The highest BCUT2D eigenvalue weighted by Gasteiger charge is 2.19. The van der Waals surface area contributed by atoms with Gasteiger partial charge in [-0.15, -0.1) is 0 Å². The number of rotatable bonds is 6. The van der Waals surface area contributed by atoms with Gasteiger partial charge in [-0.3, -0.25) is 0 Å². The molecule has 0 saturated heterocycles. The minimum Gasteiger partial charge on any atom is -0.399 e. The molecule has 0 fully saturated rings. The molecule has 90 valence electrons. The molecule has 0 aromatic carbocycles. The quantitative estimate of drug-likeness (QED) is 0.534. The van der Waals surface area contributed by atoms with E-state index in [0.717, 1.165) is 23.3 Å². The molecule has 0 amide bonds. The van der Waals surface area contributed by atoms with Crippen LogP contribution in [0.3, 0.4) is 0 Å². The molecule has 0 rings (SSSR count). The molecule has 0 heterocycles. The van der Waals surface area contributed by atoms with Crippen LogP contribution in [0, 0.1) is 0 Å². The fourth-order valence-corrected chi connectivity index (χ4v) is 1.20. The van der Waals surface area contributed by atoms with E-state index in [1.165, 1.54) is 0 Å². The molecular formula is C14H24N2. The van der Waals surface area contributed by atoms with E-state index in [4.69, 9.17) is 11.5 Å². The van der Waals surface area contributed by atoms with E-state index in [1.807, 2.05) is 39.0 Å². The first-order chi connectivity index (χ1) is 7.29. The average molecular weight is 220 g/mol. The summed E-state index contributed by atoms with van der Waals surface area (Å²) in [5.74, 6) is 0. The van der Waals surface area contributed by atoms with E-state index >= 15 is 0 Å². The molecule has 0 aromatic heterocycles. The molecule has 0 aliphatic heterocycles. The lowest BCUT2D eigenvalue weighted by atomic mass is 9.88. The van der Waals surface area contributed by atoms with Gasteiger partial charge in [-0.25, -0.2) is 0 Å². The molecular weight excluding hydrogens is 196 g/mol. The Morgan fingerprint density at radius 3 is 2.31 bits per heavy atom. The monoisotopic (exact) mass is 220 g/mol. The van der Waals surface area contributed by atoms with Gasteiger partial charge in [-0.1, -0.05) is 43.4 Å². The smallest absolute Gasteiger partial charge is 0.0375 e.